The van der Waals surface area contributed by atoms with Crippen LogP contribution in [-0.2, 0) is 0 Å². The number of benzene rings is 1. The van der Waals surface area contributed by atoms with Crippen molar-refractivity contribution in [3.05, 3.63) is 41.6 Å². The fourth-order valence-corrected chi connectivity index (χ4v) is 2.83. The topological polar surface area (TPSA) is 15.8 Å². The van der Waals surface area contributed by atoms with Gasteiger partial charge in [-0.15, -0.1) is 0 Å². The maximum Gasteiger partial charge on any atom is 0.0647 e. The first-order valence-electron chi connectivity index (χ1n) is 5.84. The molecule has 0 saturated carbocycles. The van der Waals surface area contributed by atoms with Crippen LogP contribution >= 0.6 is 0 Å². The molecule has 2 aromatic rings. The van der Waals surface area contributed by atoms with Crippen LogP contribution in [0, 0.1) is 13.8 Å². The Balaban J connectivity index is 2.34. The van der Waals surface area contributed by atoms with E-state index in [2.05, 4.69) is 62.3 Å². The molecule has 2 heteroatoms. The quantitative estimate of drug-likeness (QED) is 0.762. The lowest BCUT2D eigenvalue weighted by Crippen LogP contribution is -2.21. The molecule has 1 heterocycles. The maximum atomic E-state index is 3.42. The molecule has 0 unspecified atom stereocenters. The Bertz CT molecular complexity index is 460. The Morgan fingerprint density at radius 1 is 1.00 bits per heavy atom. The van der Waals surface area contributed by atoms with E-state index in [-0.39, 0.29) is 0 Å². The lowest BCUT2D eigenvalue weighted by atomic mass is 10.1. The summed E-state index contributed by atoms with van der Waals surface area (Å²) in [4.78, 5) is 3.42. The molecule has 1 N–H and O–H groups in total. The van der Waals surface area contributed by atoms with Gasteiger partial charge in [0.1, 0.15) is 0 Å². The third-order valence-electron chi connectivity index (χ3n) is 3.16. The minimum Gasteiger partial charge on any atom is -0.358 e. The second kappa shape index (κ2) is 4.30. The van der Waals surface area contributed by atoms with Crippen LogP contribution in [0.3, 0.4) is 0 Å². The first kappa shape index (κ1) is 11.2. The first-order chi connectivity index (χ1) is 7.58. The highest BCUT2D eigenvalue weighted by Crippen LogP contribution is 2.20. The van der Waals surface area contributed by atoms with Gasteiger partial charge in [-0.05, 0) is 31.0 Å². The van der Waals surface area contributed by atoms with Gasteiger partial charge in [0.25, 0.3) is 0 Å². The Morgan fingerprint density at radius 2 is 1.62 bits per heavy atom. The summed E-state index contributed by atoms with van der Waals surface area (Å²) in [5.74, 6) is 0. The van der Waals surface area contributed by atoms with Gasteiger partial charge in [-0.2, -0.15) is 0 Å². The van der Waals surface area contributed by atoms with Crippen LogP contribution in [0.15, 0.2) is 30.3 Å². The SMILES string of the molecule is Cc1cc(-c2ccc([SiH](C)C)cc2)[nH]c1C. The van der Waals surface area contributed by atoms with Crippen LogP contribution in [0.5, 0.6) is 0 Å². The van der Waals surface area contributed by atoms with Crippen molar-refractivity contribution in [1.29, 1.82) is 0 Å². The molecular formula is C14H19NSi. The summed E-state index contributed by atoms with van der Waals surface area (Å²) in [6.45, 7) is 8.98. The first-order valence-corrected chi connectivity index (χ1v) is 8.73. The molecule has 1 aromatic carbocycles. The summed E-state index contributed by atoms with van der Waals surface area (Å²) in [6, 6.07) is 11.2. The highest BCUT2D eigenvalue weighted by molar-refractivity contribution is 6.70. The van der Waals surface area contributed by atoms with E-state index in [1.54, 1.807) is 0 Å². The summed E-state index contributed by atoms with van der Waals surface area (Å²) in [5, 5.41) is 1.53. The number of aromatic nitrogens is 1. The largest absolute Gasteiger partial charge is 0.358 e. The van der Waals surface area contributed by atoms with E-state index in [9.17, 15) is 0 Å². The Morgan fingerprint density at radius 3 is 2.06 bits per heavy atom. The molecular weight excluding hydrogens is 210 g/mol. The molecule has 0 bridgehead atoms. The van der Waals surface area contributed by atoms with E-state index in [0.29, 0.717) is 0 Å². The second-order valence-corrected chi connectivity index (χ2v) is 7.74. The molecule has 0 atom stereocenters. The maximum absolute atomic E-state index is 3.42. The molecule has 16 heavy (non-hydrogen) atoms. The van der Waals surface area contributed by atoms with Crippen molar-refractivity contribution in [3.63, 3.8) is 0 Å². The smallest absolute Gasteiger partial charge is 0.0647 e. The Kier molecular flexibility index (Phi) is 3.01. The van der Waals surface area contributed by atoms with Crippen molar-refractivity contribution in [2.75, 3.05) is 0 Å². The van der Waals surface area contributed by atoms with Crippen LogP contribution in [0.1, 0.15) is 11.3 Å². The van der Waals surface area contributed by atoms with Gasteiger partial charge in [-0.3, -0.25) is 0 Å². The van der Waals surface area contributed by atoms with E-state index in [1.165, 1.54) is 27.7 Å². The third kappa shape index (κ3) is 2.12. The van der Waals surface area contributed by atoms with Crippen LogP contribution in [0.2, 0.25) is 13.1 Å². The highest BCUT2D eigenvalue weighted by Gasteiger charge is 2.04. The lowest BCUT2D eigenvalue weighted by molar-refractivity contribution is 1.23. The number of H-pyrrole nitrogens is 1. The molecule has 0 aliphatic rings. The molecule has 0 radical (unpaired) electrons. The van der Waals surface area contributed by atoms with Crippen molar-refractivity contribution in [3.8, 4) is 11.3 Å². The number of aromatic amines is 1. The predicted molar refractivity (Wildman–Crippen MR) is 74.2 cm³/mol. The monoisotopic (exact) mass is 229 g/mol. The van der Waals surface area contributed by atoms with Gasteiger partial charge in [0, 0.05) is 11.4 Å². The van der Waals surface area contributed by atoms with Crippen molar-refractivity contribution < 1.29 is 0 Å². The Labute approximate surface area is 99.1 Å². The molecule has 1 nitrogen and oxygen atoms in total. The van der Waals surface area contributed by atoms with Crippen molar-refractivity contribution in [1.82, 2.24) is 4.98 Å². The van der Waals surface area contributed by atoms with Crippen molar-refractivity contribution in [2.45, 2.75) is 26.9 Å². The average molecular weight is 229 g/mol. The minimum absolute atomic E-state index is 0.658. The molecule has 0 aliphatic carbocycles. The molecule has 0 spiro atoms. The number of aryl methyl sites for hydroxylation is 2. The van der Waals surface area contributed by atoms with E-state index >= 15 is 0 Å². The van der Waals surface area contributed by atoms with E-state index in [1.807, 2.05) is 0 Å². The van der Waals surface area contributed by atoms with Crippen molar-refractivity contribution >= 4 is 14.0 Å². The van der Waals surface area contributed by atoms with Gasteiger partial charge >= 0.3 is 0 Å². The standard InChI is InChI=1S/C14H19NSi/c1-10-9-14(15-11(10)2)12-5-7-13(8-6-12)16(3)4/h5-9,15-16H,1-4H3. The lowest BCUT2D eigenvalue weighted by Gasteiger charge is -2.04. The van der Waals surface area contributed by atoms with E-state index in [4.69, 9.17) is 0 Å². The fourth-order valence-electron chi connectivity index (χ4n) is 1.86. The summed E-state index contributed by atoms with van der Waals surface area (Å²) in [7, 11) is -0.658. The average Bonchev–Trinajstić information content (AvgIpc) is 2.59. The predicted octanol–water partition coefficient (Wildman–Crippen LogP) is 2.99. The molecule has 0 aliphatic heterocycles. The van der Waals surface area contributed by atoms with Gasteiger partial charge in [0.05, 0.1) is 8.80 Å². The van der Waals surface area contributed by atoms with Gasteiger partial charge in [0.15, 0.2) is 0 Å². The zero-order valence-electron chi connectivity index (χ0n) is 10.5. The van der Waals surface area contributed by atoms with Crippen molar-refractivity contribution in [2.24, 2.45) is 0 Å². The van der Waals surface area contributed by atoms with E-state index < -0.39 is 8.80 Å². The molecule has 0 fully saturated rings. The number of hydrogen-bond acceptors (Lipinski definition) is 0. The minimum atomic E-state index is -0.658. The molecule has 0 saturated heterocycles. The molecule has 84 valence electrons. The summed E-state index contributed by atoms with van der Waals surface area (Å²) in [5.41, 5.74) is 5.11. The zero-order chi connectivity index (χ0) is 11.7. The number of rotatable bonds is 2. The second-order valence-electron chi connectivity index (χ2n) is 4.77. The molecule has 0 amide bonds. The van der Waals surface area contributed by atoms with Crippen LogP contribution in [0.4, 0.5) is 0 Å². The Hall–Kier alpha value is -1.28. The van der Waals surface area contributed by atoms with Crippen LogP contribution < -0.4 is 5.19 Å². The third-order valence-corrected chi connectivity index (χ3v) is 4.88. The van der Waals surface area contributed by atoms with Crippen LogP contribution in [-0.4, -0.2) is 13.8 Å². The number of hydrogen-bond donors (Lipinski definition) is 1. The normalized spacial score (nSPS) is 11.1. The summed E-state index contributed by atoms with van der Waals surface area (Å²) < 4.78 is 0. The number of nitrogens with one attached hydrogen (secondary N) is 1. The zero-order valence-corrected chi connectivity index (χ0v) is 11.6. The highest BCUT2D eigenvalue weighted by atomic mass is 28.3. The van der Waals surface area contributed by atoms with E-state index in [0.717, 1.165) is 0 Å². The van der Waals surface area contributed by atoms with Crippen LogP contribution in [0.25, 0.3) is 11.3 Å². The van der Waals surface area contributed by atoms with Gasteiger partial charge in [-0.1, -0.05) is 42.5 Å². The molecule has 1 aromatic heterocycles. The molecule has 2 rings (SSSR count). The summed E-state index contributed by atoms with van der Waals surface area (Å²) >= 11 is 0. The van der Waals surface area contributed by atoms with Gasteiger partial charge in [0.2, 0.25) is 0 Å². The van der Waals surface area contributed by atoms with Gasteiger partial charge in [-0.25, -0.2) is 0 Å². The summed E-state index contributed by atoms with van der Waals surface area (Å²) in [6.07, 6.45) is 0. The van der Waals surface area contributed by atoms with Gasteiger partial charge < -0.3 is 4.98 Å². The fraction of sp³-hybridized carbons (Fsp3) is 0.286.